The summed E-state index contributed by atoms with van der Waals surface area (Å²) in [5, 5.41) is 4.09. The zero-order valence-corrected chi connectivity index (χ0v) is 15.8. The van der Waals surface area contributed by atoms with E-state index in [2.05, 4.69) is 10.3 Å². The minimum absolute atomic E-state index is 0.201. The Morgan fingerprint density at radius 3 is 2.86 bits per heavy atom. The topological polar surface area (TPSA) is 82.8 Å². The molecule has 142 valence electrons. The van der Waals surface area contributed by atoms with Gasteiger partial charge in [-0.3, -0.25) is 10.1 Å². The van der Waals surface area contributed by atoms with Gasteiger partial charge in [0.1, 0.15) is 13.2 Å². The van der Waals surface area contributed by atoms with Crippen LogP contribution in [-0.4, -0.2) is 30.7 Å². The highest BCUT2D eigenvalue weighted by Gasteiger charge is 2.19. The number of hydrogen-bond acceptors (Lipinski definition) is 7. The molecule has 7 nitrogen and oxygen atoms in total. The van der Waals surface area contributed by atoms with Crippen molar-refractivity contribution in [3.63, 3.8) is 0 Å². The van der Waals surface area contributed by atoms with Gasteiger partial charge in [0, 0.05) is 17.5 Å². The predicted molar refractivity (Wildman–Crippen MR) is 106 cm³/mol. The maximum atomic E-state index is 12.7. The van der Waals surface area contributed by atoms with E-state index in [1.54, 1.807) is 6.07 Å². The van der Waals surface area contributed by atoms with E-state index in [0.717, 1.165) is 15.6 Å². The molecule has 0 spiro atoms. The lowest BCUT2D eigenvalue weighted by Crippen LogP contribution is -2.15. The Bertz CT molecular complexity index is 1150. The summed E-state index contributed by atoms with van der Waals surface area (Å²) in [6.07, 6.45) is 0. The predicted octanol–water partition coefficient (Wildman–Crippen LogP) is 4.46. The highest BCUT2D eigenvalue weighted by Crippen LogP contribution is 2.38. The lowest BCUT2D eigenvalue weighted by Gasteiger charge is -2.17. The molecule has 4 aromatic rings. The number of benzene rings is 2. The molecule has 0 bridgehead atoms. The van der Waals surface area contributed by atoms with Gasteiger partial charge >= 0.3 is 0 Å². The van der Waals surface area contributed by atoms with Crippen LogP contribution in [0.5, 0.6) is 17.2 Å². The molecule has 1 N–H and O–H groups in total. The van der Waals surface area contributed by atoms with Crippen molar-refractivity contribution in [2.45, 2.75) is 6.92 Å². The van der Waals surface area contributed by atoms with Gasteiger partial charge in [-0.15, -0.1) is 0 Å². The first-order valence-corrected chi connectivity index (χ1v) is 9.70. The van der Waals surface area contributed by atoms with E-state index < -0.39 is 0 Å². The summed E-state index contributed by atoms with van der Waals surface area (Å²) < 4.78 is 23.4. The van der Waals surface area contributed by atoms with Gasteiger partial charge in [0.05, 0.1) is 16.8 Å². The smallest absolute Gasteiger partial charge is 0.293 e. The Hall–Kier alpha value is -3.26. The maximum absolute atomic E-state index is 12.7. The summed E-state index contributed by atoms with van der Waals surface area (Å²) in [5.41, 5.74) is 1.30. The van der Waals surface area contributed by atoms with Crippen LogP contribution in [0.4, 0.5) is 5.13 Å². The van der Waals surface area contributed by atoms with E-state index in [1.165, 1.54) is 11.3 Å². The van der Waals surface area contributed by atoms with Crippen LogP contribution >= 0.6 is 11.3 Å². The summed E-state index contributed by atoms with van der Waals surface area (Å²) in [6, 6.07) is 11.0. The third kappa shape index (κ3) is 2.91. The first-order chi connectivity index (χ1) is 13.7. The fourth-order valence-corrected chi connectivity index (χ4v) is 3.97. The van der Waals surface area contributed by atoms with E-state index in [1.807, 2.05) is 37.3 Å². The largest absolute Gasteiger partial charge is 0.490 e. The molecule has 0 aliphatic carbocycles. The minimum atomic E-state index is -0.366. The highest BCUT2D eigenvalue weighted by molar-refractivity contribution is 7.22. The Morgan fingerprint density at radius 1 is 1.21 bits per heavy atom. The molecule has 3 heterocycles. The average molecular weight is 396 g/mol. The van der Waals surface area contributed by atoms with Crippen LogP contribution in [0.15, 0.2) is 40.8 Å². The molecule has 1 aliphatic rings. The van der Waals surface area contributed by atoms with Gasteiger partial charge in [-0.25, -0.2) is 4.98 Å². The number of carbonyl (C=O) groups excluding carboxylic acids is 1. The number of anilines is 1. The van der Waals surface area contributed by atoms with Gasteiger partial charge in [-0.1, -0.05) is 23.5 Å². The lowest BCUT2D eigenvalue weighted by molar-refractivity contribution is 0.0998. The van der Waals surface area contributed by atoms with Crippen molar-refractivity contribution in [2.24, 2.45) is 0 Å². The molecule has 0 saturated carbocycles. The number of rotatable bonds is 4. The molecule has 5 rings (SSSR count). The molecule has 2 aromatic carbocycles. The lowest BCUT2D eigenvalue weighted by atomic mass is 10.2. The number of para-hydroxylation sites is 1. The molecular weight excluding hydrogens is 380 g/mol. The number of nitrogens with one attached hydrogen (secondary N) is 1. The van der Waals surface area contributed by atoms with Gasteiger partial charge < -0.3 is 18.6 Å². The number of carbonyl (C=O) groups is 1. The first-order valence-electron chi connectivity index (χ1n) is 8.88. The minimum Gasteiger partial charge on any atom is -0.490 e. The number of ether oxygens (including phenoxy) is 3. The van der Waals surface area contributed by atoms with E-state index >= 15 is 0 Å². The molecule has 0 fully saturated rings. The van der Waals surface area contributed by atoms with Crippen molar-refractivity contribution in [2.75, 3.05) is 25.1 Å². The number of hydrogen-bond donors (Lipinski definition) is 1. The molecule has 1 aliphatic heterocycles. The molecule has 0 atom stereocenters. The van der Waals surface area contributed by atoms with Crippen LogP contribution in [0, 0.1) is 0 Å². The molecule has 0 radical (unpaired) electrons. The molecule has 1 amide bonds. The van der Waals surface area contributed by atoms with Gasteiger partial charge in [0.15, 0.2) is 33.7 Å². The van der Waals surface area contributed by atoms with Crippen LogP contribution in [0.25, 0.3) is 21.2 Å². The number of fused-ring (bicyclic) bond motifs is 3. The molecule has 2 aromatic heterocycles. The quantitative estimate of drug-likeness (QED) is 0.548. The molecule has 28 heavy (non-hydrogen) atoms. The van der Waals surface area contributed by atoms with Gasteiger partial charge in [0.2, 0.25) is 0 Å². The summed E-state index contributed by atoms with van der Waals surface area (Å²) in [6.45, 7) is 3.46. The molecule has 8 heteroatoms. The standard InChI is InChI=1S/C20H16N2O5S/c1-2-24-13-5-3-4-11-8-16(27-18(11)13)19(23)22-20-21-12-9-14-15(10-17(12)28-20)26-7-6-25-14/h3-5,8-10H,2,6-7H2,1H3,(H,21,22,23). The first kappa shape index (κ1) is 16.9. The van der Waals surface area contributed by atoms with Crippen molar-refractivity contribution >= 4 is 43.6 Å². The van der Waals surface area contributed by atoms with Crippen molar-refractivity contribution < 1.29 is 23.4 Å². The van der Waals surface area contributed by atoms with Crippen LogP contribution in [-0.2, 0) is 0 Å². The van der Waals surface area contributed by atoms with E-state index in [-0.39, 0.29) is 11.7 Å². The second kappa shape index (κ2) is 6.72. The Kier molecular flexibility index (Phi) is 4.05. The fraction of sp³-hybridized carbons (Fsp3) is 0.200. The van der Waals surface area contributed by atoms with Crippen molar-refractivity contribution in [3.05, 3.63) is 42.2 Å². The number of nitrogens with zero attached hydrogens (tertiary/aromatic N) is 1. The van der Waals surface area contributed by atoms with Gasteiger partial charge in [0.25, 0.3) is 5.91 Å². The summed E-state index contributed by atoms with van der Waals surface area (Å²) in [7, 11) is 0. The SMILES string of the molecule is CCOc1cccc2cc(C(=O)Nc3nc4cc5c(cc4s3)OCCO5)oc12. The third-order valence-corrected chi connectivity index (χ3v) is 5.24. The molecule has 0 saturated heterocycles. The molecular formula is C20H16N2O5S. The van der Waals surface area contributed by atoms with Crippen molar-refractivity contribution in [3.8, 4) is 17.2 Å². The number of thiazole rings is 1. The van der Waals surface area contributed by atoms with E-state index in [9.17, 15) is 4.79 Å². The Balaban J connectivity index is 1.43. The second-order valence-electron chi connectivity index (χ2n) is 6.15. The van der Waals surface area contributed by atoms with E-state index in [0.29, 0.717) is 47.8 Å². The zero-order chi connectivity index (χ0) is 19.1. The monoisotopic (exact) mass is 396 g/mol. The maximum Gasteiger partial charge on any atom is 0.293 e. The fourth-order valence-electron chi connectivity index (χ4n) is 3.09. The highest BCUT2D eigenvalue weighted by atomic mass is 32.1. The Morgan fingerprint density at radius 2 is 2.04 bits per heavy atom. The normalized spacial score (nSPS) is 13.0. The summed E-state index contributed by atoms with van der Waals surface area (Å²) in [4.78, 5) is 17.1. The van der Waals surface area contributed by atoms with Gasteiger partial charge in [-0.2, -0.15) is 0 Å². The van der Waals surface area contributed by atoms with Crippen LogP contribution in [0.3, 0.4) is 0 Å². The molecule has 0 unspecified atom stereocenters. The van der Waals surface area contributed by atoms with E-state index in [4.69, 9.17) is 18.6 Å². The summed E-state index contributed by atoms with van der Waals surface area (Å²) in [5.74, 6) is 1.82. The average Bonchev–Trinajstić information content (AvgIpc) is 3.30. The third-order valence-electron chi connectivity index (χ3n) is 4.30. The second-order valence-corrected chi connectivity index (χ2v) is 7.19. The number of aromatic nitrogens is 1. The van der Waals surface area contributed by atoms with Gasteiger partial charge in [-0.05, 0) is 19.1 Å². The Labute approximate surface area is 163 Å². The van der Waals surface area contributed by atoms with Crippen molar-refractivity contribution in [1.82, 2.24) is 4.98 Å². The van der Waals surface area contributed by atoms with Crippen LogP contribution < -0.4 is 19.5 Å². The number of furan rings is 1. The van der Waals surface area contributed by atoms with Crippen LogP contribution in [0.1, 0.15) is 17.5 Å². The number of amides is 1. The zero-order valence-electron chi connectivity index (χ0n) is 15.0. The van der Waals surface area contributed by atoms with Crippen molar-refractivity contribution in [1.29, 1.82) is 0 Å². The summed E-state index contributed by atoms with van der Waals surface area (Å²) >= 11 is 1.37. The van der Waals surface area contributed by atoms with Crippen LogP contribution in [0.2, 0.25) is 0 Å².